The number of carbonyl (C=O) groups is 2. The minimum atomic E-state index is -3.83. The molecule has 1 aromatic heterocycles. The zero-order chi connectivity index (χ0) is 21.1. The summed E-state index contributed by atoms with van der Waals surface area (Å²) in [6, 6.07) is 13.8. The predicted molar refractivity (Wildman–Crippen MR) is 117 cm³/mol. The maximum Gasteiger partial charge on any atom is 0.271 e. The summed E-state index contributed by atoms with van der Waals surface area (Å²) in [7, 11) is -3.83. The molecule has 1 aliphatic heterocycles. The predicted octanol–water partition coefficient (Wildman–Crippen LogP) is 3.05. The quantitative estimate of drug-likeness (QED) is 0.612. The number of nitrogens with one attached hydrogen (secondary N) is 2. The van der Waals surface area contributed by atoms with Crippen LogP contribution in [-0.4, -0.2) is 44.8 Å². The normalized spacial score (nSPS) is 14.1. The second-order valence-electron chi connectivity index (χ2n) is 7.05. The molecular formula is C21H21N3O4S2. The van der Waals surface area contributed by atoms with Crippen LogP contribution >= 0.6 is 11.3 Å². The first kappa shape index (κ1) is 20.4. The molecular weight excluding hydrogens is 422 g/mol. The maximum absolute atomic E-state index is 12.9. The number of thiophene rings is 1. The van der Waals surface area contributed by atoms with E-state index in [-0.39, 0.29) is 27.9 Å². The van der Waals surface area contributed by atoms with E-state index in [0.717, 1.165) is 35.0 Å². The van der Waals surface area contributed by atoms with Crippen molar-refractivity contribution in [2.75, 3.05) is 24.4 Å². The molecule has 0 spiro atoms. The van der Waals surface area contributed by atoms with Crippen LogP contribution < -0.4 is 10.0 Å². The fourth-order valence-electron chi connectivity index (χ4n) is 3.45. The molecule has 2 aromatic carbocycles. The molecule has 2 amide bonds. The van der Waals surface area contributed by atoms with Gasteiger partial charge >= 0.3 is 0 Å². The van der Waals surface area contributed by atoms with Crippen LogP contribution in [-0.2, 0) is 14.8 Å². The molecule has 9 heteroatoms. The van der Waals surface area contributed by atoms with Gasteiger partial charge in [-0.3, -0.25) is 14.3 Å². The Morgan fingerprint density at radius 3 is 2.37 bits per heavy atom. The Balaban J connectivity index is 1.62. The van der Waals surface area contributed by atoms with Gasteiger partial charge in [0.2, 0.25) is 5.91 Å². The molecule has 0 unspecified atom stereocenters. The second-order valence-corrected chi connectivity index (χ2v) is 9.91. The molecule has 0 aliphatic carbocycles. The molecule has 30 heavy (non-hydrogen) atoms. The molecule has 0 radical (unpaired) electrons. The topological polar surface area (TPSA) is 95.6 Å². The summed E-state index contributed by atoms with van der Waals surface area (Å²) >= 11 is 1.09. The zero-order valence-electron chi connectivity index (χ0n) is 16.1. The number of carbonyl (C=O) groups excluding carboxylic acids is 2. The lowest BCUT2D eigenvalue weighted by Gasteiger charge is -2.17. The van der Waals surface area contributed by atoms with Crippen molar-refractivity contribution in [2.45, 2.75) is 17.1 Å². The summed E-state index contributed by atoms with van der Waals surface area (Å²) in [5.41, 5.74) is 0.344. The van der Waals surface area contributed by atoms with E-state index in [1.807, 2.05) is 24.3 Å². The SMILES string of the molecule is O=C(NCC(=O)N1CCCC1)c1cc2ccccc2cc1NS(=O)(=O)c1cccs1. The molecule has 7 nitrogen and oxygen atoms in total. The van der Waals surface area contributed by atoms with Crippen molar-refractivity contribution in [1.29, 1.82) is 0 Å². The summed E-state index contributed by atoms with van der Waals surface area (Å²) in [6.45, 7) is 1.29. The molecule has 156 valence electrons. The van der Waals surface area contributed by atoms with Crippen LogP contribution in [0.1, 0.15) is 23.2 Å². The second kappa shape index (κ2) is 8.45. The van der Waals surface area contributed by atoms with Crippen molar-refractivity contribution in [2.24, 2.45) is 0 Å². The van der Waals surface area contributed by atoms with E-state index < -0.39 is 15.9 Å². The van der Waals surface area contributed by atoms with E-state index in [0.29, 0.717) is 13.1 Å². The number of sulfonamides is 1. The van der Waals surface area contributed by atoms with Crippen LogP contribution in [0.4, 0.5) is 5.69 Å². The first-order valence-electron chi connectivity index (χ1n) is 9.59. The standard InChI is InChI=1S/C21H21N3O4S2/c25-19(24-9-3-4-10-24)14-22-21(26)17-12-15-6-1-2-7-16(15)13-18(17)23-30(27,28)20-8-5-11-29-20/h1-2,5-8,11-13,23H,3-4,9-10,14H2,(H,22,26). The highest BCUT2D eigenvalue weighted by atomic mass is 32.2. The van der Waals surface area contributed by atoms with Crippen molar-refractivity contribution in [3.8, 4) is 0 Å². The molecule has 1 aliphatic rings. The van der Waals surface area contributed by atoms with Gasteiger partial charge < -0.3 is 10.2 Å². The van der Waals surface area contributed by atoms with Gasteiger partial charge in [-0.15, -0.1) is 11.3 Å². The Bertz CT molecular complexity index is 1180. The van der Waals surface area contributed by atoms with Gasteiger partial charge in [0.15, 0.2) is 0 Å². The average molecular weight is 444 g/mol. The minimum absolute atomic E-state index is 0.122. The molecule has 0 bridgehead atoms. The maximum atomic E-state index is 12.9. The molecule has 2 heterocycles. The largest absolute Gasteiger partial charge is 0.343 e. The molecule has 1 fully saturated rings. The number of hydrogen-bond acceptors (Lipinski definition) is 5. The van der Waals surface area contributed by atoms with E-state index in [4.69, 9.17) is 0 Å². The van der Waals surface area contributed by atoms with Crippen LogP contribution in [0.15, 0.2) is 58.1 Å². The highest BCUT2D eigenvalue weighted by Gasteiger charge is 2.22. The number of anilines is 1. The van der Waals surface area contributed by atoms with Gasteiger partial charge in [0.05, 0.1) is 17.8 Å². The molecule has 4 rings (SSSR count). The Morgan fingerprint density at radius 2 is 1.70 bits per heavy atom. The molecule has 1 saturated heterocycles. The fraction of sp³-hybridized carbons (Fsp3) is 0.238. The summed E-state index contributed by atoms with van der Waals surface area (Å²) in [5.74, 6) is -0.639. The third kappa shape index (κ3) is 4.31. The van der Waals surface area contributed by atoms with Crippen LogP contribution in [0.25, 0.3) is 10.8 Å². The highest BCUT2D eigenvalue weighted by molar-refractivity contribution is 7.94. The number of fused-ring (bicyclic) bond motifs is 1. The summed E-state index contributed by atoms with van der Waals surface area (Å²) in [6.07, 6.45) is 1.94. The Kier molecular flexibility index (Phi) is 5.74. The molecule has 0 atom stereocenters. The summed E-state index contributed by atoms with van der Waals surface area (Å²) in [4.78, 5) is 26.9. The summed E-state index contributed by atoms with van der Waals surface area (Å²) < 4.78 is 28.1. The van der Waals surface area contributed by atoms with Gasteiger partial charge in [-0.05, 0) is 47.2 Å². The Morgan fingerprint density at radius 1 is 1.00 bits per heavy atom. The third-order valence-corrected chi connectivity index (χ3v) is 7.76. The monoisotopic (exact) mass is 443 g/mol. The Labute approximate surface area is 178 Å². The van der Waals surface area contributed by atoms with Crippen LogP contribution in [0.5, 0.6) is 0 Å². The molecule has 3 aromatic rings. The lowest BCUT2D eigenvalue weighted by Crippen LogP contribution is -2.38. The van der Waals surface area contributed by atoms with Crippen LogP contribution in [0, 0.1) is 0 Å². The fourth-order valence-corrected chi connectivity index (χ4v) is 5.52. The van der Waals surface area contributed by atoms with Gasteiger partial charge in [0.1, 0.15) is 4.21 Å². The van der Waals surface area contributed by atoms with Gasteiger partial charge in [-0.1, -0.05) is 30.3 Å². The van der Waals surface area contributed by atoms with Crippen molar-refractivity contribution in [3.63, 3.8) is 0 Å². The highest BCUT2D eigenvalue weighted by Crippen LogP contribution is 2.27. The van der Waals surface area contributed by atoms with Gasteiger partial charge in [-0.25, -0.2) is 8.42 Å². The Hall–Kier alpha value is -2.91. The number of rotatable bonds is 6. The number of hydrogen-bond donors (Lipinski definition) is 2. The smallest absolute Gasteiger partial charge is 0.271 e. The minimum Gasteiger partial charge on any atom is -0.343 e. The zero-order valence-corrected chi connectivity index (χ0v) is 17.8. The van der Waals surface area contributed by atoms with E-state index in [1.165, 1.54) is 6.07 Å². The van der Waals surface area contributed by atoms with E-state index in [9.17, 15) is 18.0 Å². The van der Waals surface area contributed by atoms with Crippen LogP contribution in [0.2, 0.25) is 0 Å². The van der Waals surface area contributed by atoms with Gasteiger partial charge in [0, 0.05) is 13.1 Å². The van der Waals surface area contributed by atoms with Gasteiger partial charge in [0.25, 0.3) is 15.9 Å². The number of nitrogens with zero attached hydrogens (tertiary/aromatic N) is 1. The number of likely N-dealkylation sites (tertiary alicyclic amines) is 1. The first-order chi connectivity index (χ1) is 14.4. The van der Waals surface area contributed by atoms with Crippen molar-refractivity contribution >= 4 is 49.6 Å². The van der Waals surface area contributed by atoms with Gasteiger partial charge in [-0.2, -0.15) is 0 Å². The molecule has 0 saturated carbocycles. The molecule has 2 N–H and O–H groups in total. The van der Waals surface area contributed by atoms with E-state index in [2.05, 4.69) is 10.0 Å². The van der Waals surface area contributed by atoms with Crippen LogP contribution in [0.3, 0.4) is 0 Å². The lowest BCUT2D eigenvalue weighted by molar-refractivity contribution is -0.129. The number of benzene rings is 2. The first-order valence-corrected chi connectivity index (χ1v) is 12.0. The summed E-state index contributed by atoms with van der Waals surface area (Å²) in [5, 5.41) is 5.91. The van der Waals surface area contributed by atoms with Crippen molar-refractivity contribution < 1.29 is 18.0 Å². The van der Waals surface area contributed by atoms with Crippen molar-refractivity contribution in [3.05, 3.63) is 59.5 Å². The average Bonchev–Trinajstić information content (AvgIpc) is 3.45. The van der Waals surface area contributed by atoms with Crippen molar-refractivity contribution in [1.82, 2.24) is 10.2 Å². The third-order valence-electron chi connectivity index (χ3n) is 4.99. The van der Waals surface area contributed by atoms with E-state index >= 15 is 0 Å². The lowest BCUT2D eigenvalue weighted by atomic mass is 10.0. The number of amides is 2. The van der Waals surface area contributed by atoms with E-state index in [1.54, 1.807) is 28.5 Å².